The van der Waals surface area contributed by atoms with Gasteiger partial charge in [0.05, 0.1) is 22.7 Å². The van der Waals surface area contributed by atoms with E-state index in [1.54, 1.807) is 12.1 Å². The van der Waals surface area contributed by atoms with Gasteiger partial charge in [-0.15, -0.1) is 0 Å². The average molecular weight is 459 g/mol. The van der Waals surface area contributed by atoms with Crippen LogP contribution < -0.4 is 14.2 Å². The summed E-state index contributed by atoms with van der Waals surface area (Å²) in [4.78, 5) is 16.9. The lowest BCUT2D eigenvalue weighted by Crippen LogP contribution is -2.58. The number of carbonyl (C=O) groups is 1. The van der Waals surface area contributed by atoms with E-state index < -0.39 is 15.6 Å². The van der Waals surface area contributed by atoms with Crippen LogP contribution in [0.5, 0.6) is 17.2 Å². The first-order valence-corrected chi connectivity index (χ1v) is 11.3. The highest BCUT2D eigenvalue weighted by molar-refractivity contribution is 7.99. The van der Waals surface area contributed by atoms with E-state index in [9.17, 15) is 13.6 Å². The first-order chi connectivity index (χ1) is 13.7. The topological polar surface area (TPSA) is 95.0 Å². The molecule has 1 aromatic heterocycles. The molecule has 1 spiro atoms. The number of benzene rings is 1. The van der Waals surface area contributed by atoms with Crippen molar-refractivity contribution in [1.29, 1.82) is 0 Å². The number of pyridine rings is 1. The first-order valence-electron chi connectivity index (χ1n) is 8.73. The molecular formula is C19H18Cl2NO6S+. The molecule has 0 bridgehead atoms. The minimum atomic E-state index is -2.83. The molecule has 7 nitrogen and oxygen atoms in total. The summed E-state index contributed by atoms with van der Waals surface area (Å²) in [6, 6.07) is 3.22. The summed E-state index contributed by atoms with van der Waals surface area (Å²) < 4.78 is 38.7. The third-order valence-electron chi connectivity index (χ3n) is 4.99. The second-order valence-corrected chi connectivity index (χ2v) is 10.2. The summed E-state index contributed by atoms with van der Waals surface area (Å²) >= 11 is 12.3. The Bertz CT molecular complexity index is 1010. The molecule has 0 radical (unpaired) electrons. The molecule has 1 N–H and O–H groups in total. The van der Waals surface area contributed by atoms with Gasteiger partial charge < -0.3 is 14.2 Å². The zero-order valence-corrected chi connectivity index (χ0v) is 17.8. The van der Waals surface area contributed by atoms with Gasteiger partial charge in [-0.3, -0.25) is 9.78 Å². The van der Waals surface area contributed by atoms with E-state index in [-0.39, 0.29) is 42.7 Å². The quantitative estimate of drug-likeness (QED) is 0.552. The van der Waals surface area contributed by atoms with Crippen LogP contribution in [-0.2, 0) is 20.8 Å². The smallest absolute Gasteiger partial charge is 0.216 e. The molecule has 1 saturated heterocycles. The molecule has 29 heavy (non-hydrogen) atoms. The molecule has 3 heterocycles. The predicted octanol–water partition coefficient (Wildman–Crippen LogP) is 3.57. The van der Waals surface area contributed by atoms with Gasteiger partial charge in [0.25, 0.3) is 0 Å². The van der Waals surface area contributed by atoms with Gasteiger partial charge >= 0.3 is 0 Å². The van der Waals surface area contributed by atoms with E-state index in [0.29, 0.717) is 32.7 Å². The Hall–Kier alpha value is -1.87. The van der Waals surface area contributed by atoms with Crippen LogP contribution in [0.25, 0.3) is 0 Å². The lowest BCUT2D eigenvalue weighted by Gasteiger charge is -2.35. The van der Waals surface area contributed by atoms with Crippen molar-refractivity contribution in [2.24, 2.45) is 5.41 Å². The van der Waals surface area contributed by atoms with E-state index in [4.69, 9.17) is 37.4 Å². The lowest BCUT2D eigenvalue weighted by molar-refractivity contribution is 0.0983. The van der Waals surface area contributed by atoms with Crippen molar-refractivity contribution in [3.05, 3.63) is 45.7 Å². The number of ketones is 1. The molecule has 2 aliphatic heterocycles. The van der Waals surface area contributed by atoms with Crippen molar-refractivity contribution in [2.75, 3.05) is 31.8 Å². The molecule has 1 fully saturated rings. The van der Waals surface area contributed by atoms with Crippen LogP contribution in [0.3, 0.4) is 0 Å². The summed E-state index contributed by atoms with van der Waals surface area (Å²) in [7, 11) is -1.34. The average Bonchev–Trinajstić information content (AvgIpc) is 2.84. The van der Waals surface area contributed by atoms with Crippen molar-refractivity contribution >= 4 is 39.2 Å². The Kier molecular flexibility index (Phi) is 5.23. The van der Waals surface area contributed by atoms with Crippen LogP contribution in [0.15, 0.2) is 24.5 Å². The van der Waals surface area contributed by atoms with Gasteiger partial charge in [-0.2, -0.15) is 4.55 Å². The van der Waals surface area contributed by atoms with E-state index in [1.165, 1.54) is 19.5 Å². The van der Waals surface area contributed by atoms with Gasteiger partial charge in [0.2, 0.25) is 16.0 Å². The third-order valence-corrected chi connectivity index (χ3v) is 7.77. The summed E-state index contributed by atoms with van der Waals surface area (Å²) in [6.45, 7) is 0.370. The van der Waals surface area contributed by atoms with Gasteiger partial charge in [-0.05, 0) is 12.1 Å². The van der Waals surface area contributed by atoms with Gasteiger partial charge in [0.15, 0.2) is 28.8 Å². The van der Waals surface area contributed by atoms with Crippen LogP contribution in [-0.4, -0.2) is 47.1 Å². The molecule has 10 heteroatoms. The number of rotatable bonds is 4. The maximum Gasteiger partial charge on any atom is 0.216 e. The molecule has 2 aromatic rings. The minimum Gasteiger partial charge on any atom is -0.493 e. The molecule has 2 aliphatic rings. The zero-order chi connectivity index (χ0) is 20.8. The summed E-state index contributed by atoms with van der Waals surface area (Å²) in [5.41, 5.74) is 0.210. The van der Waals surface area contributed by atoms with Crippen LogP contribution in [0.4, 0.5) is 0 Å². The number of carbonyl (C=O) groups excluding carboxylic acids is 1. The highest BCUT2D eigenvalue weighted by atomic mass is 35.5. The molecule has 4 rings (SSSR count). The standard InChI is InChI=1S/C19H17Cl2NO6S/c1-26-16-3-2-11(15(23)4-12-13(20)5-22-6-14(12)21)17-18(16)28-8-19(7-27-17)9-29(24,25)10-19/h2-3,5-6H,4,7-10H2,1H3/p+1. The Labute approximate surface area is 178 Å². The van der Waals surface area contributed by atoms with E-state index >= 15 is 0 Å². The fourth-order valence-corrected chi connectivity index (χ4v) is 6.30. The van der Waals surface area contributed by atoms with Crippen molar-refractivity contribution in [3.63, 3.8) is 0 Å². The SMILES string of the molecule is COc1ccc(C(=O)Cc2c(Cl)cncc2Cl)c2c1OCC1(CO2)C[S+](=O)(O)C1. The summed E-state index contributed by atoms with van der Waals surface area (Å²) in [6.07, 6.45) is 2.81. The van der Waals surface area contributed by atoms with Gasteiger partial charge in [0.1, 0.15) is 18.6 Å². The van der Waals surface area contributed by atoms with E-state index in [2.05, 4.69) is 4.98 Å². The van der Waals surface area contributed by atoms with Crippen LogP contribution in [0, 0.1) is 5.41 Å². The molecule has 0 atom stereocenters. The number of Topliss-reactive ketones (excluding diaryl/α,β-unsaturated/α-hetero) is 1. The molecule has 0 amide bonds. The van der Waals surface area contributed by atoms with Crippen molar-refractivity contribution < 1.29 is 27.8 Å². The highest BCUT2D eigenvalue weighted by Gasteiger charge is 2.60. The molecule has 154 valence electrons. The Balaban J connectivity index is 1.66. The maximum absolute atomic E-state index is 13.1. The van der Waals surface area contributed by atoms with Crippen LogP contribution in [0.1, 0.15) is 15.9 Å². The molecule has 0 aliphatic carbocycles. The molecule has 0 saturated carbocycles. The van der Waals surface area contributed by atoms with Gasteiger partial charge in [-0.1, -0.05) is 27.4 Å². The molecule has 0 unspecified atom stereocenters. The zero-order valence-electron chi connectivity index (χ0n) is 15.4. The van der Waals surface area contributed by atoms with E-state index in [1.807, 2.05) is 0 Å². The highest BCUT2D eigenvalue weighted by Crippen LogP contribution is 2.47. The van der Waals surface area contributed by atoms with Gasteiger partial charge in [0, 0.05) is 24.4 Å². The van der Waals surface area contributed by atoms with Crippen molar-refractivity contribution in [2.45, 2.75) is 6.42 Å². The number of hydrogen-bond acceptors (Lipinski definition) is 6. The number of hydrogen-bond donors (Lipinski definition) is 1. The van der Waals surface area contributed by atoms with Crippen molar-refractivity contribution in [3.8, 4) is 17.2 Å². The lowest BCUT2D eigenvalue weighted by atomic mass is 9.94. The molecular weight excluding hydrogens is 441 g/mol. The Morgan fingerprint density at radius 3 is 2.41 bits per heavy atom. The number of fused-ring (bicyclic) bond motifs is 1. The second kappa shape index (κ2) is 7.43. The monoisotopic (exact) mass is 458 g/mol. The number of ether oxygens (including phenoxy) is 3. The van der Waals surface area contributed by atoms with Crippen LogP contribution >= 0.6 is 23.2 Å². The predicted molar refractivity (Wildman–Crippen MR) is 109 cm³/mol. The maximum atomic E-state index is 13.1. The molecule has 1 aromatic carbocycles. The van der Waals surface area contributed by atoms with E-state index in [0.717, 1.165) is 0 Å². The number of methoxy groups -OCH3 is 1. The summed E-state index contributed by atoms with van der Waals surface area (Å²) in [5.74, 6) is 0.905. The third kappa shape index (κ3) is 3.82. The Morgan fingerprint density at radius 2 is 1.83 bits per heavy atom. The minimum absolute atomic E-state index is 0.0437. The van der Waals surface area contributed by atoms with Crippen molar-refractivity contribution in [1.82, 2.24) is 4.98 Å². The summed E-state index contributed by atoms with van der Waals surface area (Å²) in [5, 5.41) is 0.600. The fraction of sp³-hybridized carbons (Fsp3) is 0.368. The Morgan fingerprint density at radius 1 is 1.21 bits per heavy atom. The largest absolute Gasteiger partial charge is 0.493 e. The first kappa shape index (κ1) is 20.4. The van der Waals surface area contributed by atoms with Gasteiger partial charge in [-0.25, -0.2) is 0 Å². The van der Waals surface area contributed by atoms with Crippen LogP contribution in [0.2, 0.25) is 10.0 Å². The number of nitrogens with zero attached hydrogens (tertiary/aromatic N) is 1. The number of aromatic nitrogens is 1. The normalized spacial score (nSPS) is 25.2. The fourth-order valence-electron chi connectivity index (χ4n) is 3.64. The number of halogens is 2. The second-order valence-electron chi connectivity index (χ2n) is 7.29.